The van der Waals surface area contributed by atoms with Crippen molar-refractivity contribution in [1.82, 2.24) is 25.1 Å². The third-order valence-electron chi connectivity index (χ3n) is 2.49. The van der Waals surface area contributed by atoms with Crippen LogP contribution in [0.1, 0.15) is 24.5 Å². The highest BCUT2D eigenvalue weighted by Crippen LogP contribution is 2.26. The average Bonchev–Trinajstić information content (AvgIpc) is 2.91. The lowest BCUT2D eigenvalue weighted by molar-refractivity contribution is 0.548. The van der Waals surface area contributed by atoms with Crippen LogP contribution in [-0.2, 0) is 6.54 Å². The Bertz CT molecular complexity index is 448. The first-order valence-corrected chi connectivity index (χ1v) is 5.95. The maximum absolute atomic E-state index is 4.30. The number of nitrogens with zero attached hydrogens (tertiary/aromatic N) is 3. The smallest absolute Gasteiger partial charge is 0.129 e. The second-order valence-electron chi connectivity index (χ2n) is 3.39. The molecule has 0 amide bonds. The van der Waals surface area contributed by atoms with Gasteiger partial charge in [0, 0.05) is 18.9 Å². The van der Waals surface area contributed by atoms with Crippen LogP contribution in [0.3, 0.4) is 0 Å². The van der Waals surface area contributed by atoms with E-state index in [4.69, 9.17) is 0 Å². The number of aromatic nitrogens is 4. The third kappa shape index (κ3) is 1.90. The summed E-state index contributed by atoms with van der Waals surface area (Å²) in [5.74, 6) is 0.887. The van der Waals surface area contributed by atoms with E-state index in [2.05, 4.69) is 43.2 Å². The first-order chi connectivity index (χ1) is 7.77. The van der Waals surface area contributed by atoms with E-state index in [1.165, 1.54) is 0 Å². The predicted octanol–water partition coefficient (Wildman–Crippen LogP) is 1.70. The van der Waals surface area contributed by atoms with Crippen molar-refractivity contribution in [2.24, 2.45) is 0 Å². The number of hydrogen-bond donors (Lipinski definition) is 2. The summed E-state index contributed by atoms with van der Waals surface area (Å²) in [7, 11) is 1.91. The van der Waals surface area contributed by atoms with Crippen LogP contribution in [0.4, 0.5) is 0 Å². The summed E-state index contributed by atoms with van der Waals surface area (Å²) < 4.78 is 2.94. The van der Waals surface area contributed by atoms with E-state index in [1.54, 1.807) is 6.20 Å². The highest BCUT2D eigenvalue weighted by molar-refractivity contribution is 9.10. The summed E-state index contributed by atoms with van der Waals surface area (Å²) in [6, 6.07) is 0.0202. The summed E-state index contributed by atoms with van der Waals surface area (Å²) in [6.45, 7) is 2.90. The van der Waals surface area contributed by atoms with Crippen molar-refractivity contribution in [3.8, 4) is 0 Å². The predicted molar refractivity (Wildman–Crippen MR) is 65.1 cm³/mol. The molecule has 0 aliphatic rings. The molecule has 2 aromatic heterocycles. The Morgan fingerprint density at radius 3 is 3.00 bits per heavy atom. The Hall–Kier alpha value is -1.14. The fourth-order valence-corrected chi connectivity index (χ4v) is 2.27. The van der Waals surface area contributed by atoms with Crippen LogP contribution in [0.15, 0.2) is 23.1 Å². The lowest BCUT2D eigenvalue weighted by atomic mass is 10.2. The van der Waals surface area contributed by atoms with Gasteiger partial charge in [0.2, 0.25) is 0 Å². The van der Waals surface area contributed by atoms with Gasteiger partial charge in [-0.2, -0.15) is 5.10 Å². The Kier molecular flexibility index (Phi) is 3.40. The van der Waals surface area contributed by atoms with Gasteiger partial charge in [0.15, 0.2) is 0 Å². The zero-order valence-corrected chi connectivity index (χ0v) is 10.8. The molecule has 5 nitrogen and oxygen atoms in total. The molecule has 0 spiro atoms. The molecule has 0 bridgehead atoms. The van der Waals surface area contributed by atoms with Gasteiger partial charge in [0.1, 0.15) is 11.9 Å². The lowest BCUT2D eigenvalue weighted by Crippen LogP contribution is -2.23. The van der Waals surface area contributed by atoms with Crippen molar-refractivity contribution >= 4 is 15.9 Å². The zero-order chi connectivity index (χ0) is 11.5. The van der Waals surface area contributed by atoms with Crippen LogP contribution in [0.25, 0.3) is 0 Å². The summed E-state index contributed by atoms with van der Waals surface area (Å²) in [6.07, 6.45) is 5.38. The summed E-state index contributed by atoms with van der Waals surface area (Å²) in [5, 5.41) is 7.54. The van der Waals surface area contributed by atoms with Gasteiger partial charge in [-0.25, -0.2) is 4.98 Å². The topological polar surface area (TPSA) is 58.5 Å². The number of hydrogen-bond acceptors (Lipinski definition) is 3. The van der Waals surface area contributed by atoms with Gasteiger partial charge in [-0.3, -0.25) is 4.68 Å². The summed E-state index contributed by atoms with van der Waals surface area (Å²) >= 11 is 3.52. The zero-order valence-electron chi connectivity index (χ0n) is 9.24. The van der Waals surface area contributed by atoms with E-state index in [1.807, 2.05) is 24.1 Å². The van der Waals surface area contributed by atoms with Crippen molar-refractivity contribution < 1.29 is 0 Å². The largest absolute Gasteiger partial charge is 0.347 e. The summed E-state index contributed by atoms with van der Waals surface area (Å²) in [5.41, 5.74) is 1.08. The minimum Gasteiger partial charge on any atom is -0.347 e. The lowest BCUT2D eigenvalue weighted by Gasteiger charge is -2.16. The van der Waals surface area contributed by atoms with Gasteiger partial charge < -0.3 is 10.3 Å². The first kappa shape index (κ1) is 11.3. The standard InChI is InChI=1S/C10H14BrN5/c1-3-16-9(7(11)6-15-16)8(12-2)10-13-4-5-14-10/h4-6,8,12H,3H2,1-2H3,(H,13,14). The van der Waals surface area contributed by atoms with Crippen LogP contribution in [0, 0.1) is 0 Å². The third-order valence-corrected chi connectivity index (χ3v) is 3.10. The second-order valence-corrected chi connectivity index (χ2v) is 4.24. The monoisotopic (exact) mass is 283 g/mol. The van der Waals surface area contributed by atoms with Crippen molar-refractivity contribution in [3.63, 3.8) is 0 Å². The molecule has 1 unspecified atom stereocenters. The molecule has 1 atom stereocenters. The van der Waals surface area contributed by atoms with Crippen LogP contribution < -0.4 is 5.32 Å². The minimum atomic E-state index is 0.0202. The molecule has 0 fully saturated rings. The molecule has 2 heterocycles. The number of nitrogens with one attached hydrogen (secondary N) is 2. The fourth-order valence-electron chi connectivity index (χ4n) is 1.75. The molecule has 0 aliphatic heterocycles. The molecule has 16 heavy (non-hydrogen) atoms. The Morgan fingerprint density at radius 1 is 1.62 bits per heavy atom. The molecule has 2 rings (SSSR count). The molecule has 2 aromatic rings. The molecule has 0 saturated carbocycles. The number of H-pyrrole nitrogens is 1. The van der Waals surface area contributed by atoms with Crippen molar-refractivity contribution in [1.29, 1.82) is 0 Å². The van der Waals surface area contributed by atoms with Crippen molar-refractivity contribution in [2.45, 2.75) is 19.5 Å². The SMILES string of the molecule is CCn1ncc(Br)c1C(NC)c1ncc[nH]1. The minimum absolute atomic E-state index is 0.0202. The maximum Gasteiger partial charge on any atom is 0.129 e. The average molecular weight is 284 g/mol. The van der Waals surface area contributed by atoms with E-state index >= 15 is 0 Å². The maximum atomic E-state index is 4.30. The molecule has 0 saturated heterocycles. The number of aromatic amines is 1. The van der Waals surface area contributed by atoms with E-state index in [0.29, 0.717) is 0 Å². The first-order valence-electron chi connectivity index (χ1n) is 5.15. The van der Waals surface area contributed by atoms with Gasteiger partial charge >= 0.3 is 0 Å². The molecular weight excluding hydrogens is 270 g/mol. The van der Waals surface area contributed by atoms with Gasteiger partial charge in [-0.05, 0) is 29.9 Å². The number of aryl methyl sites for hydroxylation is 1. The van der Waals surface area contributed by atoms with Gasteiger partial charge in [0.05, 0.1) is 16.4 Å². The summed E-state index contributed by atoms with van der Waals surface area (Å²) in [4.78, 5) is 7.40. The molecule has 0 aliphatic carbocycles. The molecular formula is C10H14BrN5. The number of imidazole rings is 1. The quantitative estimate of drug-likeness (QED) is 0.898. The highest BCUT2D eigenvalue weighted by atomic mass is 79.9. The molecule has 2 N–H and O–H groups in total. The highest BCUT2D eigenvalue weighted by Gasteiger charge is 2.21. The van der Waals surface area contributed by atoms with Gasteiger partial charge in [-0.15, -0.1) is 0 Å². The van der Waals surface area contributed by atoms with E-state index < -0.39 is 0 Å². The molecule has 0 radical (unpaired) electrons. The Morgan fingerprint density at radius 2 is 2.44 bits per heavy atom. The fraction of sp³-hybridized carbons (Fsp3) is 0.400. The van der Waals surface area contributed by atoms with Crippen LogP contribution >= 0.6 is 15.9 Å². The van der Waals surface area contributed by atoms with Crippen molar-refractivity contribution in [3.05, 3.63) is 34.6 Å². The van der Waals surface area contributed by atoms with Crippen LogP contribution in [-0.4, -0.2) is 26.8 Å². The van der Waals surface area contributed by atoms with Gasteiger partial charge in [-0.1, -0.05) is 0 Å². The van der Waals surface area contributed by atoms with Crippen molar-refractivity contribution in [2.75, 3.05) is 7.05 Å². The van der Waals surface area contributed by atoms with Crippen LogP contribution in [0.2, 0.25) is 0 Å². The van der Waals surface area contributed by atoms with Gasteiger partial charge in [0.25, 0.3) is 0 Å². The Labute approximate surface area is 102 Å². The van der Waals surface area contributed by atoms with E-state index in [-0.39, 0.29) is 6.04 Å². The van der Waals surface area contributed by atoms with E-state index in [9.17, 15) is 0 Å². The molecule has 0 aromatic carbocycles. The van der Waals surface area contributed by atoms with E-state index in [0.717, 1.165) is 22.5 Å². The number of halogens is 1. The number of rotatable bonds is 4. The molecule has 6 heteroatoms. The van der Waals surface area contributed by atoms with Crippen LogP contribution in [0.5, 0.6) is 0 Å². The second kappa shape index (κ2) is 4.80. The Balaban J connectivity index is 2.44. The normalized spacial score (nSPS) is 12.9. The molecule has 86 valence electrons.